The number of carbonyl (C=O) groups excluding carboxylic acids is 1. The predicted molar refractivity (Wildman–Crippen MR) is 140 cm³/mol. The van der Waals surface area contributed by atoms with Gasteiger partial charge in [0.1, 0.15) is 5.78 Å². The van der Waals surface area contributed by atoms with Crippen molar-refractivity contribution in [1.82, 2.24) is 0 Å². The molecular weight excluding hydrogens is 452 g/mol. The minimum atomic E-state index is -1.53. The standard InChI is InChI=1S/C30H50O4Si/c1-18-10-13-30(32-17-18)19(2)26-25(33-30)15-23-22-9-8-20-14-21(34-35(5,6)7)11-12-28(20,3)27(22)24(31)16-29(23,26)4/h18-23,25-27H,8-17H2,1-7H3/t18-,19+,20+,21+,22+,23+,25+,26+,27-,28+,29+,30-/m1/s1. The van der Waals surface area contributed by atoms with E-state index >= 15 is 0 Å². The molecule has 2 heterocycles. The third kappa shape index (κ3) is 3.72. The van der Waals surface area contributed by atoms with Gasteiger partial charge in [0.05, 0.1) is 12.7 Å². The zero-order valence-corrected chi connectivity index (χ0v) is 24.4. The summed E-state index contributed by atoms with van der Waals surface area (Å²) in [5.41, 5.74) is 0.230. The monoisotopic (exact) mass is 502 g/mol. The number of hydrogen-bond acceptors (Lipinski definition) is 4. The molecule has 4 aliphatic carbocycles. The van der Waals surface area contributed by atoms with Crippen molar-refractivity contribution in [3.8, 4) is 0 Å². The number of hydrogen-bond donors (Lipinski definition) is 0. The third-order valence-electron chi connectivity index (χ3n) is 12.1. The highest BCUT2D eigenvalue weighted by atomic mass is 28.4. The Morgan fingerprint density at radius 3 is 2.43 bits per heavy atom. The molecule has 5 heteroatoms. The second kappa shape index (κ2) is 8.13. The van der Waals surface area contributed by atoms with Gasteiger partial charge in [-0.25, -0.2) is 0 Å². The van der Waals surface area contributed by atoms with Crippen LogP contribution < -0.4 is 0 Å². The molecule has 6 rings (SSSR count). The summed E-state index contributed by atoms with van der Waals surface area (Å²) in [6, 6.07) is 0. The van der Waals surface area contributed by atoms with Crippen LogP contribution in [0.4, 0.5) is 0 Å². The molecular formula is C30H50O4Si. The van der Waals surface area contributed by atoms with Gasteiger partial charge in [0.15, 0.2) is 14.1 Å². The van der Waals surface area contributed by atoms with Crippen LogP contribution in [0, 0.1) is 52.3 Å². The molecule has 4 nitrogen and oxygen atoms in total. The molecule has 0 amide bonds. The van der Waals surface area contributed by atoms with Crippen LogP contribution in [0.2, 0.25) is 19.6 Å². The van der Waals surface area contributed by atoms with Crippen molar-refractivity contribution >= 4 is 14.1 Å². The molecule has 0 N–H and O–H groups in total. The van der Waals surface area contributed by atoms with Gasteiger partial charge in [-0.1, -0.05) is 27.7 Å². The lowest BCUT2D eigenvalue weighted by molar-refractivity contribution is -0.272. The van der Waals surface area contributed by atoms with Crippen molar-refractivity contribution in [2.75, 3.05) is 6.61 Å². The molecule has 0 aromatic carbocycles. The van der Waals surface area contributed by atoms with Crippen LogP contribution in [0.1, 0.15) is 85.5 Å². The molecule has 0 unspecified atom stereocenters. The smallest absolute Gasteiger partial charge is 0.184 e. The zero-order chi connectivity index (χ0) is 25.0. The van der Waals surface area contributed by atoms with Crippen LogP contribution in [0.3, 0.4) is 0 Å². The largest absolute Gasteiger partial charge is 0.415 e. The number of rotatable bonds is 2. The minimum absolute atomic E-state index is 0.0690. The summed E-state index contributed by atoms with van der Waals surface area (Å²) in [6.45, 7) is 17.4. The Morgan fingerprint density at radius 1 is 0.971 bits per heavy atom. The molecule has 0 radical (unpaired) electrons. The van der Waals surface area contributed by atoms with Gasteiger partial charge in [-0.15, -0.1) is 0 Å². The Labute approximate surface area is 214 Å². The second-order valence-corrected chi connectivity index (χ2v) is 19.7. The van der Waals surface area contributed by atoms with Gasteiger partial charge in [0, 0.05) is 30.8 Å². The first-order valence-corrected chi connectivity index (χ1v) is 18.3. The van der Waals surface area contributed by atoms with Gasteiger partial charge in [-0.3, -0.25) is 4.79 Å². The minimum Gasteiger partial charge on any atom is -0.415 e. The van der Waals surface area contributed by atoms with E-state index in [0.717, 1.165) is 38.7 Å². The van der Waals surface area contributed by atoms with E-state index in [1.165, 1.54) is 25.7 Å². The van der Waals surface area contributed by atoms with Gasteiger partial charge >= 0.3 is 0 Å². The van der Waals surface area contributed by atoms with Crippen LogP contribution in [0.5, 0.6) is 0 Å². The Balaban J connectivity index is 1.23. The summed E-state index contributed by atoms with van der Waals surface area (Å²) in [4.78, 5) is 14.2. The van der Waals surface area contributed by atoms with Crippen LogP contribution >= 0.6 is 0 Å². The van der Waals surface area contributed by atoms with E-state index in [9.17, 15) is 4.79 Å². The summed E-state index contributed by atoms with van der Waals surface area (Å²) in [5, 5.41) is 0. The van der Waals surface area contributed by atoms with E-state index in [1.54, 1.807) is 0 Å². The lowest BCUT2D eigenvalue weighted by atomic mass is 9.44. The summed E-state index contributed by atoms with van der Waals surface area (Å²) >= 11 is 0. The van der Waals surface area contributed by atoms with E-state index in [4.69, 9.17) is 13.9 Å². The Hall–Kier alpha value is -0.233. The fourth-order valence-electron chi connectivity index (χ4n) is 10.7. The van der Waals surface area contributed by atoms with Crippen LogP contribution in [-0.2, 0) is 18.7 Å². The van der Waals surface area contributed by atoms with Crippen LogP contribution in [0.15, 0.2) is 0 Å². The Kier molecular flexibility index (Phi) is 5.82. The SMILES string of the molecule is C[C@@H]1CC[C@@]2(OC1)O[C@H]1C[C@H]3[C@@H]4CC[C@H]5C[C@@H](O[Si](C)(C)C)CC[C@]5(C)[C@H]4C(=O)C[C@]3(C)[C@H]1[C@@H]2C. The highest BCUT2D eigenvalue weighted by Gasteiger charge is 2.70. The maximum absolute atomic E-state index is 14.2. The van der Waals surface area contributed by atoms with Gasteiger partial charge < -0.3 is 13.9 Å². The number of carbonyl (C=O) groups is 1. The van der Waals surface area contributed by atoms with Crippen LogP contribution in [-0.4, -0.2) is 38.7 Å². The Morgan fingerprint density at radius 2 is 1.74 bits per heavy atom. The summed E-state index contributed by atoms with van der Waals surface area (Å²) in [7, 11) is -1.53. The molecule has 1 spiro atoms. The molecule has 35 heavy (non-hydrogen) atoms. The molecule has 0 aromatic heterocycles. The zero-order valence-electron chi connectivity index (χ0n) is 23.4. The number of ether oxygens (including phenoxy) is 2. The van der Waals surface area contributed by atoms with Crippen molar-refractivity contribution in [2.45, 2.75) is 123 Å². The average molecular weight is 503 g/mol. The second-order valence-electron chi connectivity index (χ2n) is 15.3. The van der Waals surface area contributed by atoms with E-state index in [-0.39, 0.29) is 22.9 Å². The normalized spacial score (nSPS) is 55.9. The highest BCUT2D eigenvalue weighted by molar-refractivity contribution is 6.69. The van der Waals surface area contributed by atoms with Crippen LogP contribution in [0.25, 0.3) is 0 Å². The van der Waals surface area contributed by atoms with Crippen molar-refractivity contribution < 1.29 is 18.7 Å². The molecule has 4 saturated carbocycles. The number of Topliss-reactive ketones (excluding diaryl/α,β-unsaturated/α-hetero) is 1. The van der Waals surface area contributed by atoms with Gasteiger partial charge in [0.2, 0.25) is 0 Å². The molecule has 6 fully saturated rings. The summed E-state index contributed by atoms with van der Waals surface area (Å²) in [5.74, 6) is 3.70. The van der Waals surface area contributed by atoms with Gasteiger partial charge in [-0.2, -0.15) is 0 Å². The molecule has 0 bridgehead atoms. The molecule has 6 aliphatic rings. The van der Waals surface area contributed by atoms with Crippen molar-refractivity contribution in [1.29, 1.82) is 0 Å². The topological polar surface area (TPSA) is 44.8 Å². The quantitative estimate of drug-likeness (QED) is 0.388. The number of ketones is 1. The maximum atomic E-state index is 14.2. The molecule has 12 atom stereocenters. The average Bonchev–Trinajstić information content (AvgIpc) is 3.20. The van der Waals surface area contributed by atoms with E-state index < -0.39 is 14.1 Å². The lowest BCUT2D eigenvalue weighted by Gasteiger charge is -2.60. The predicted octanol–water partition coefficient (Wildman–Crippen LogP) is 6.83. The van der Waals surface area contributed by atoms with E-state index in [2.05, 4.69) is 47.3 Å². The lowest BCUT2D eigenvalue weighted by Crippen LogP contribution is -2.58. The van der Waals surface area contributed by atoms with Gasteiger partial charge in [0.25, 0.3) is 0 Å². The summed E-state index contributed by atoms with van der Waals surface area (Å²) in [6.07, 6.45) is 10.8. The number of fused-ring (bicyclic) bond motifs is 7. The maximum Gasteiger partial charge on any atom is 0.184 e. The Bertz CT molecular complexity index is 859. The van der Waals surface area contributed by atoms with Crippen molar-refractivity contribution in [3.63, 3.8) is 0 Å². The van der Waals surface area contributed by atoms with E-state index in [0.29, 0.717) is 47.4 Å². The first kappa shape index (κ1) is 25.1. The fraction of sp³-hybridized carbons (Fsp3) is 0.967. The third-order valence-corrected chi connectivity index (χ3v) is 13.1. The van der Waals surface area contributed by atoms with Crippen molar-refractivity contribution in [3.05, 3.63) is 0 Å². The highest BCUT2D eigenvalue weighted by Crippen LogP contribution is 2.70. The fourth-order valence-corrected chi connectivity index (χ4v) is 11.9. The summed E-state index contributed by atoms with van der Waals surface area (Å²) < 4.78 is 19.9. The molecule has 2 aliphatic heterocycles. The van der Waals surface area contributed by atoms with Gasteiger partial charge in [-0.05, 0) is 105 Å². The molecule has 0 aromatic rings. The van der Waals surface area contributed by atoms with Crippen molar-refractivity contribution in [2.24, 2.45) is 52.3 Å². The first-order valence-electron chi connectivity index (χ1n) is 14.9. The molecule has 2 saturated heterocycles. The molecule has 198 valence electrons. The van der Waals surface area contributed by atoms with E-state index in [1.807, 2.05) is 0 Å². The first-order chi connectivity index (χ1) is 16.4.